The minimum Gasteiger partial charge on any atom is -0.489 e. The third-order valence-electron chi connectivity index (χ3n) is 8.79. The largest absolute Gasteiger partial charge is 0.489 e. The van der Waals surface area contributed by atoms with Gasteiger partial charge in [0, 0.05) is 61.8 Å². The fraction of sp³-hybridized carbons (Fsp3) is 0.438. The standard InChI is InChI=1S/C32H34N4O5/c37-30-10-9-29(31(38)34-30)36-17-23-15-24(5-6-26(23)32(36)39)41-25-11-12-35(18-25)16-20-3-7-27-21(14-20)4-8-28(33-27)22-2-1-13-40-19-22/h3-8,14-15,22,25,29H,1-2,9-13,16-19H2,(H,34,37,38)/t22-,25-,29?/m0/s1. The Bertz CT molecular complexity index is 1520. The molecule has 3 aromatic rings. The first-order chi connectivity index (χ1) is 20.0. The van der Waals surface area contributed by atoms with E-state index in [9.17, 15) is 14.4 Å². The Morgan fingerprint density at radius 2 is 1.95 bits per heavy atom. The molecule has 3 atom stereocenters. The molecule has 0 radical (unpaired) electrons. The van der Waals surface area contributed by atoms with E-state index in [2.05, 4.69) is 40.5 Å². The monoisotopic (exact) mass is 554 g/mol. The number of benzene rings is 2. The number of rotatable bonds is 6. The molecule has 3 amide bonds. The summed E-state index contributed by atoms with van der Waals surface area (Å²) in [5.41, 5.74) is 4.88. The van der Waals surface area contributed by atoms with Crippen molar-refractivity contribution < 1.29 is 23.9 Å². The molecule has 5 heterocycles. The zero-order valence-corrected chi connectivity index (χ0v) is 23.0. The van der Waals surface area contributed by atoms with Crippen LogP contribution in [-0.2, 0) is 27.4 Å². The third kappa shape index (κ3) is 5.31. The van der Waals surface area contributed by atoms with Crippen molar-refractivity contribution in [3.8, 4) is 5.75 Å². The zero-order chi connectivity index (χ0) is 27.9. The zero-order valence-electron chi connectivity index (χ0n) is 23.0. The number of amides is 3. The number of pyridine rings is 1. The molecular weight excluding hydrogens is 520 g/mol. The molecule has 0 aliphatic carbocycles. The Morgan fingerprint density at radius 3 is 2.80 bits per heavy atom. The third-order valence-corrected chi connectivity index (χ3v) is 8.79. The topological polar surface area (TPSA) is 101 Å². The molecule has 9 heteroatoms. The van der Waals surface area contributed by atoms with Crippen LogP contribution in [0.2, 0.25) is 0 Å². The first-order valence-electron chi connectivity index (χ1n) is 14.6. The van der Waals surface area contributed by atoms with Crippen molar-refractivity contribution in [2.24, 2.45) is 0 Å². The van der Waals surface area contributed by atoms with Gasteiger partial charge in [0.1, 0.15) is 17.9 Å². The van der Waals surface area contributed by atoms with Gasteiger partial charge >= 0.3 is 0 Å². The van der Waals surface area contributed by atoms with Crippen molar-refractivity contribution in [1.82, 2.24) is 20.1 Å². The van der Waals surface area contributed by atoms with Crippen LogP contribution < -0.4 is 10.1 Å². The molecule has 2 aromatic carbocycles. The number of piperidine rings is 1. The van der Waals surface area contributed by atoms with Gasteiger partial charge in [0.2, 0.25) is 11.8 Å². The van der Waals surface area contributed by atoms with Gasteiger partial charge in [-0.1, -0.05) is 12.1 Å². The van der Waals surface area contributed by atoms with Crippen LogP contribution in [0.5, 0.6) is 5.75 Å². The molecule has 1 unspecified atom stereocenters. The lowest BCUT2D eigenvalue weighted by atomic mass is 9.97. The summed E-state index contributed by atoms with van der Waals surface area (Å²) in [6.45, 7) is 4.60. The van der Waals surface area contributed by atoms with Crippen LogP contribution in [0, 0.1) is 0 Å². The summed E-state index contributed by atoms with van der Waals surface area (Å²) < 4.78 is 12.0. The summed E-state index contributed by atoms with van der Waals surface area (Å²) >= 11 is 0. The van der Waals surface area contributed by atoms with Gasteiger partial charge in [-0.2, -0.15) is 0 Å². The van der Waals surface area contributed by atoms with Crippen LogP contribution >= 0.6 is 0 Å². The Kier molecular flexibility index (Phi) is 6.92. The van der Waals surface area contributed by atoms with Gasteiger partial charge in [-0.3, -0.25) is 29.6 Å². The van der Waals surface area contributed by atoms with Gasteiger partial charge in [0.15, 0.2) is 0 Å². The summed E-state index contributed by atoms with van der Waals surface area (Å²) in [6.07, 6.45) is 3.84. The highest BCUT2D eigenvalue weighted by Crippen LogP contribution is 2.31. The van der Waals surface area contributed by atoms with E-state index in [-0.39, 0.29) is 24.3 Å². The molecule has 0 bridgehead atoms. The number of fused-ring (bicyclic) bond motifs is 2. The molecule has 0 spiro atoms. The van der Waals surface area contributed by atoms with E-state index >= 15 is 0 Å². The SMILES string of the molecule is O=C1CCC(N2Cc3cc(O[C@H]4CCN(Cc5ccc6nc([C@H]7CCCOC7)ccc6c5)C4)ccc3C2=O)C(=O)N1. The number of carbonyl (C=O) groups excluding carboxylic acids is 3. The second-order valence-electron chi connectivity index (χ2n) is 11.7. The Balaban J connectivity index is 0.960. The molecular formula is C32H34N4O5. The van der Waals surface area contributed by atoms with Crippen molar-refractivity contribution in [2.45, 2.75) is 63.3 Å². The molecule has 41 heavy (non-hydrogen) atoms. The molecule has 1 aromatic heterocycles. The minimum absolute atomic E-state index is 0.0683. The maximum atomic E-state index is 13.0. The number of carbonyl (C=O) groups is 3. The molecule has 3 saturated heterocycles. The predicted molar refractivity (Wildman–Crippen MR) is 151 cm³/mol. The van der Waals surface area contributed by atoms with Gasteiger partial charge in [-0.05, 0) is 73.2 Å². The average Bonchev–Trinajstić information content (AvgIpc) is 3.56. The second kappa shape index (κ2) is 10.9. The average molecular weight is 555 g/mol. The quantitative estimate of drug-likeness (QED) is 0.465. The van der Waals surface area contributed by atoms with E-state index in [4.69, 9.17) is 14.5 Å². The fourth-order valence-corrected chi connectivity index (χ4v) is 6.60. The summed E-state index contributed by atoms with van der Waals surface area (Å²) in [5.74, 6) is 0.285. The van der Waals surface area contributed by atoms with Crippen molar-refractivity contribution >= 4 is 28.6 Å². The summed E-state index contributed by atoms with van der Waals surface area (Å²) in [7, 11) is 0. The van der Waals surface area contributed by atoms with Gasteiger partial charge in [-0.15, -0.1) is 0 Å². The van der Waals surface area contributed by atoms with E-state index < -0.39 is 11.9 Å². The van der Waals surface area contributed by atoms with Gasteiger partial charge in [-0.25, -0.2) is 0 Å². The van der Waals surface area contributed by atoms with Crippen LogP contribution in [0.1, 0.15) is 65.2 Å². The van der Waals surface area contributed by atoms with Crippen molar-refractivity contribution in [1.29, 1.82) is 0 Å². The summed E-state index contributed by atoms with van der Waals surface area (Å²) in [5, 5.41) is 3.51. The molecule has 1 N–H and O–H groups in total. The number of likely N-dealkylation sites (tertiary alicyclic amines) is 1. The lowest BCUT2D eigenvalue weighted by molar-refractivity contribution is -0.136. The van der Waals surface area contributed by atoms with Crippen molar-refractivity contribution in [2.75, 3.05) is 26.3 Å². The number of hydrogen-bond donors (Lipinski definition) is 1. The predicted octanol–water partition coefficient (Wildman–Crippen LogP) is 3.54. The molecule has 4 aliphatic heterocycles. The molecule has 0 saturated carbocycles. The van der Waals surface area contributed by atoms with E-state index in [1.807, 2.05) is 12.1 Å². The Labute approximate surface area is 238 Å². The molecule has 4 aliphatic rings. The van der Waals surface area contributed by atoms with Gasteiger partial charge in [0.05, 0.1) is 12.1 Å². The summed E-state index contributed by atoms with van der Waals surface area (Å²) in [4.78, 5) is 45.7. The molecule has 7 rings (SSSR count). The maximum Gasteiger partial charge on any atom is 0.255 e. The summed E-state index contributed by atoms with van der Waals surface area (Å²) in [6, 6.07) is 15.8. The highest BCUT2D eigenvalue weighted by atomic mass is 16.5. The van der Waals surface area contributed by atoms with Gasteiger partial charge < -0.3 is 14.4 Å². The minimum atomic E-state index is -0.611. The van der Waals surface area contributed by atoms with Crippen LogP contribution in [0.15, 0.2) is 48.5 Å². The number of imide groups is 1. The lowest BCUT2D eigenvalue weighted by Crippen LogP contribution is -2.52. The Morgan fingerprint density at radius 1 is 1.02 bits per heavy atom. The van der Waals surface area contributed by atoms with E-state index in [1.165, 1.54) is 5.56 Å². The number of nitrogens with one attached hydrogen (secondary N) is 1. The highest BCUT2D eigenvalue weighted by molar-refractivity contribution is 6.05. The number of hydrogen-bond acceptors (Lipinski definition) is 7. The van der Waals surface area contributed by atoms with E-state index in [0.29, 0.717) is 24.4 Å². The number of nitrogens with zero attached hydrogens (tertiary/aromatic N) is 3. The smallest absolute Gasteiger partial charge is 0.255 e. The van der Waals surface area contributed by atoms with E-state index in [0.717, 1.165) is 80.0 Å². The molecule has 9 nitrogen and oxygen atoms in total. The normalized spacial score (nSPS) is 25.0. The van der Waals surface area contributed by atoms with Gasteiger partial charge in [0.25, 0.3) is 5.91 Å². The molecule has 212 valence electrons. The first-order valence-corrected chi connectivity index (χ1v) is 14.6. The van der Waals surface area contributed by atoms with E-state index in [1.54, 1.807) is 11.0 Å². The number of ether oxygens (including phenoxy) is 2. The second-order valence-corrected chi connectivity index (χ2v) is 11.7. The maximum absolute atomic E-state index is 13.0. The molecule has 3 fully saturated rings. The van der Waals surface area contributed by atoms with Crippen LogP contribution in [0.4, 0.5) is 0 Å². The van der Waals surface area contributed by atoms with Crippen LogP contribution in [0.25, 0.3) is 10.9 Å². The fourth-order valence-electron chi connectivity index (χ4n) is 6.60. The first kappa shape index (κ1) is 26.1. The van der Waals surface area contributed by atoms with Crippen LogP contribution in [-0.4, -0.2) is 71.0 Å². The van der Waals surface area contributed by atoms with Crippen LogP contribution in [0.3, 0.4) is 0 Å². The highest BCUT2D eigenvalue weighted by Gasteiger charge is 2.39. The Hall–Kier alpha value is -3.82. The van der Waals surface area contributed by atoms with Crippen molar-refractivity contribution in [3.05, 3.63) is 70.9 Å². The number of aromatic nitrogens is 1. The van der Waals surface area contributed by atoms with Crippen molar-refractivity contribution in [3.63, 3.8) is 0 Å². The lowest BCUT2D eigenvalue weighted by Gasteiger charge is -2.29.